The first-order valence-corrected chi connectivity index (χ1v) is 9.63. The van der Waals surface area contributed by atoms with E-state index in [1.165, 1.54) is 6.92 Å². The Morgan fingerprint density at radius 2 is 1.60 bits per heavy atom. The molecule has 1 rings (SSSR count). The molecule has 0 radical (unpaired) electrons. The van der Waals surface area contributed by atoms with Crippen LogP contribution in [0.25, 0.3) is 0 Å². The molecule has 0 aliphatic carbocycles. The average Bonchev–Trinajstić information content (AvgIpc) is 2.48. The van der Waals surface area contributed by atoms with Gasteiger partial charge in [-0.15, -0.1) is 12.4 Å². The maximum absolute atomic E-state index is 12.4. The number of carbonyl (C=O) groups excluding carboxylic acids is 2. The molecule has 0 bridgehead atoms. The van der Waals surface area contributed by atoms with Crippen molar-refractivity contribution in [2.75, 3.05) is 18.5 Å². The van der Waals surface area contributed by atoms with Gasteiger partial charge < -0.3 is 26.0 Å². The molecule has 0 aliphatic rings. The van der Waals surface area contributed by atoms with Gasteiger partial charge in [0.05, 0.1) is 36.7 Å². The highest BCUT2D eigenvalue weighted by atomic mass is 127. The summed E-state index contributed by atoms with van der Waals surface area (Å²) < 4.78 is 0.924. The summed E-state index contributed by atoms with van der Waals surface area (Å²) in [5, 5.41) is 32.5. The molecule has 0 aromatic heterocycles. The Bertz CT molecular complexity index is 701. The second-order valence-corrected chi connectivity index (χ2v) is 7.84. The van der Waals surface area contributed by atoms with Gasteiger partial charge in [-0.05, 0) is 67.8 Å². The van der Waals surface area contributed by atoms with Crippen molar-refractivity contribution in [3.63, 3.8) is 0 Å². The smallest absolute Gasteiger partial charge is 0.337 e. The summed E-state index contributed by atoms with van der Waals surface area (Å²) in [7, 11) is 0. The van der Waals surface area contributed by atoms with E-state index >= 15 is 0 Å². The highest BCUT2D eigenvalue weighted by molar-refractivity contribution is 14.1. The van der Waals surface area contributed by atoms with Crippen LogP contribution in [0.3, 0.4) is 0 Å². The van der Waals surface area contributed by atoms with Crippen LogP contribution >= 0.6 is 80.2 Å². The Kier molecular flexibility index (Phi) is 11.0. The topological polar surface area (TPSA) is 136 Å². The summed E-state index contributed by atoms with van der Waals surface area (Å²) in [5.41, 5.74) is 0.241. The standard InChI is InChI=1S/C13H13I3N2O6.ClH/c1-4(20)18-11-9(15)6(12(22)17-2-5(21)3-19)8(14)7(10(11)16)13(23)24;/h5,19,21H,2-3H2,1H3,(H,17,22)(H,18,20)(H,23,24);1H. The van der Waals surface area contributed by atoms with Gasteiger partial charge in [0.2, 0.25) is 5.91 Å². The zero-order valence-corrected chi connectivity index (χ0v) is 19.9. The maximum Gasteiger partial charge on any atom is 0.337 e. The number of rotatable bonds is 6. The number of aliphatic hydroxyl groups is 2. The number of amides is 2. The average molecular weight is 710 g/mol. The predicted octanol–water partition coefficient (Wildman–Crippen LogP) is 1.66. The molecule has 12 heteroatoms. The summed E-state index contributed by atoms with van der Waals surface area (Å²) in [4.78, 5) is 35.3. The van der Waals surface area contributed by atoms with E-state index in [9.17, 15) is 24.6 Å². The molecule has 25 heavy (non-hydrogen) atoms. The number of carboxylic acids is 1. The number of anilines is 1. The van der Waals surface area contributed by atoms with Crippen LogP contribution in [-0.2, 0) is 4.79 Å². The van der Waals surface area contributed by atoms with Crippen molar-refractivity contribution < 1.29 is 29.7 Å². The van der Waals surface area contributed by atoms with E-state index in [4.69, 9.17) is 5.11 Å². The van der Waals surface area contributed by atoms with Crippen LogP contribution in [-0.4, -0.2) is 52.4 Å². The van der Waals surface area contributed by atoms with Gasteiger partial charge in [0.15, 0.2) is 0 Å². The monoisotopic (exact) mass is 710 g/mol. The highest BCUT2D eigenvalue weighted by Gasteiger charge is 2.28. The van der Waals surface area contributed by atoms with Gasteiger partial charge in [0.25, 0.3) is 5.91 Å². The summed E-state index contributed by atoms with van der Waals surface area (Å²) in [6.07, 6.45) is -1.12. The number of carboxylic acid groups (broad SMARTS) is 1. The van der Waals surface area contributed by atoms with E-state index in [-0.39, 0.29) is 39.3 Å². The quantitative estimate of drug-likeness (QED) is 0.286. The number of aliphatic hydroxyl groups excluding tert-OH is 2. The molecule has 1 unspecified atom stereocenters. The molecule has 1 aromatic carbocycles. The van der Waals surface area contributed by atoms with Gasteiger partial charge in [-0.3, -0.25) is 9.59 Å². The second-order valence-electron chi connectivity index (χ2n) is 4.60. The number of halogens is 4. The Labute approximate surface area is 190 Å². The van der Waals surface area contributed by atoms with Crippen LogP contribution in [0.5, 0.6) is 0 Å². The first-order chi connectivity index (χ1) is 11.1. The second kappa shape index (κ2) is 11.0. The molecule has 140 valence electrons. The molecule has 0 aliphatic heterocycles. The number of hydrogen-bond donors (Lipinski definition) is 5. The van der Waals surface area contributed by atoms with Gasteiger partial charge in [0.1, 0.15) is 0 Å². The normalized spacial score (nSPS) is 11.3. The van der Waals surface area contributed by atoms with Crippen molar-refractivity contribution in [3.8, 4) is 0 Å². The van der Waals surface area contributed by atoms with Crippen LogP contribution in [0, 0.1) is 10.7 Å². The molecule has 0 heterocycles. The minimum Gasteiger partial charge on any atom is -0.478 e. The molecule has 1 aromatic rings. The van der Waals surface area contributed by atoms with Gasteiger partial charge in [-0.25, -0.2) is 4.79 Å². The molecular formula is C13H14ClI3N2O6. The summed E-state index contributed by atoms with van der Waals surface area (Å²) in [6, 6.07) is 0. The van der Waals surface area contributed by atoms with E-state index in [2.05, 4.69) is 10.6 Å². The van der Waals surface area contributed by atoms with Crippen LogP contribution in [0.15, 0.2) is 0 Å². The number of nitrogens with one attached hydrogen (secondary N) is 2. The molecule has 0 fully saturated rings. The maximum atomic E-state index is 12.4. The number of hydrogen-bond acceptors (Lipinski definition) is 5. The molecule has 0 spiro atoms. The third kappa shape index (κ3) is 6.30. The first-order valence-electron chi connectivity index (χ1n) is 6.40. The molecule has 2 amide bonds. The minimum atomic E-state index is -1.23. The number of benzene rings is 1. The molecule has 0 saturated heterocycles. The zero-order chi connectivity index (χ0) is 18.6. The lowest BCUT2D eigenvalue weighted by molar-refractivity contribution is -0.114. The lowest BCUT2D eigenvalue weighted by Gasteiger charge is -2.18. The summed E-state index contributed by atoms with van der Waals surface area (Å²) in [5.74, 6) is -2.23. The SMILES string of the molecule is CC(=O)Nc1c(I)c(C(=O)O)c(I)c(C(=O)NCC(O)CO)c1I.Cl. The van der Waals surface area contributed by atoms with Crippen LogP contribution in [0.1, 0.15) is 27.6 Å². The van der Waals surface area contributed by atoms with Crippen molar-refractivity contribution in [2.45, 2.75) is 13.0 Å². The third-order valence-electron chi connectivity index (χ3n) is 2.77. The molecule has 8 nitrogen and oxygen atoms in total. The van der Waals surface area contributed by atoms with Crippen LogP contribution in [0.2, 0.25) is 0 Å². The van der Waals surface area contributed by atoms with Crippen molar-refractivity contribution >= 4 is 104 Å². The van der Waals surface area contributed by atoms with Crippen LogP contribution < -0.4 is 10.6 Å². The lowest BCUT2D eigenvalue weighted by atomic mass is 10.1. The Morgan fingerprint density at radius 3 is 2.04 bits per heavy atom. The highest BCUT2D eigenvalue weighted by Crippen LogP contribution is 2.35. The number of aromatic carboxylic acids is 1. The Hall–Kier alpha value is 0.0300. The van der Waals surface area contributed by atoms with E-state index in [1.54, 1.807) is 22.6 Å². The third-order valence-corrected chi connectivity index (χ3v) is 6.00. The van der Waals surface area contributed by atoms with E-state index in [0.717, 1.165) is 0 Å². The van der Waals surface area contributed by atoms with Crippen LogP contribution in [0.4, 0.5) is 5.69 Å². The predicted molar refractivity (Wildman–Crippen MR) is 119 cm³/mol. The molecule has 1 atom stereocenters. The van der Waals surface area contributed by atoms with E-state index in [0.29, 0.717) is 7.14 Å². The zero-order valence-electron chi connectivity index (χ0n) is 12.6. The van der Waals surface area contributed by atoms with Crippen molar-refractivity contribution in [3.05, 3.63) is 21.8 Å². The Morgan fingerprint density at radius 1 is 1.08 bits per heavy atom. The van der Waals surface area contributed by atoms with Crippen molar-refractivity contribution in [1.29, 1.82) is 0 Å². The summed E-state index contributed by atoms with van der Waals surface area (Å²) >= 11 is 5.43. The fraction of sp³-hybridized carbons (Fsp3) is 0.308. The lowest BCUT2D eigenvalue weighted by Crippen LogP contribution is -2.35. The molecular weight excluding hydrogens is 696 g/mol. The molecule has 0 saturated carbocycles. The fourth-order valence-corrected chi connectivity index (χ4v) is 6.09. The molecule has 5 N–H and O–H groups in total. The van der Waals surface area contributed by atoms with Gasteiger partial charge in [0, 0.05) is 17.0 Å². The largest absolute Gasteiger partial charge is 0.478 e. The van der Waals surface area contributed by atoms with Crippen molar-refractivity contribution in [2.24, 2.45) is 0 Å². The fourth-order valence-electron chi connectivity index (χ4n) is 1.70. The van der Waals surface area contributed by atoms with Gasteiger partial charge in [-0.2, -0.15) is 0 Å². The summed E-state index contributed by atoms with van der Waals surface area (Å²) in [6.45, 7) is 0.575. The van der Waals surface area contributed by atoms with Gasteiger partial charge in [-0.1, -0.05) is 0 Å². The van der Waals surface area contributed by atoms with E-state index < -0.39 is 30.5 Å². The van der Waals surface area contributed by atoms with Gasteiger partial charge >= 0.3 is 5.97 Å². The first kappa shape index (κ1) is 25.0. The van der Waals surface area contributed by atoms with E-state index in [1.807, 2.05) is 45.2 Å². The minimum absolute atomic E-state index is 0. The Balaban J connectivity index is 0.00000576. The van der Waals surface area contributed by atoms with Crippen molar-refractivity contribution in [1.82, 2.24) is 5.32 Å². The number of carbonyl (C=O) groups is 3.